The molecule has 0 unspecified atom stereocenters. The van der Waals surface area contributed by atoms with Crippen LogP contribution in [0.4, 0.5) is 11.5 Å². The highest BCUT2D eigenvalue weighted by Crippen LogP contribution is 2.43. The van der Waals surface area contributed by atoms with Crippen molar-refractivity contribution in [2.45, 2.75) is 55.2 Å². The van der Waals surface area contributed by atoms with Gasteiger partial charge in [-0.15, -0.1) is 0 Å². The molecule has 0 spiro atoms. The Morgan fingerprint density at radius 2 is 2.13 bits per heavy atom. The van der Waals surface area contributed by atoms with E-state index >= 15 is 0 Å². The Hall–Kier alpha value is -3.12. The molecule has 9 heteroatoms. The van der Waals surface area contributed by atoms with E-state index in [4.69, 9.17) is 5.10 Å². The Morgan fingerprint density at radius 3 is 2.84 bits per heavy atom. The summed E-state index contributed by atoms with van der Waals surface area (Å²) >= 11 is 0. The number of aromatic amines is 1. The van der Waals surface area contributed by atoms with Gasteiger partial charge in [0.2, 0.25) is 0 Å². The van der Waals surface area contributed by atoms with Crippen molar-refractivity contribution in [3.8, 4) is 6.07 Å². The van der Waals surface area contributed by atoms with E-state index in [0.717, 1.165) is 18.4 Å². The van der Waals surface area contributed by atoms with Crippen molar-refractivity contribution in [1.29, 1.82) is 5.26 Å². The molecule has 5 rings (SSSR count). The summed E-state index contributed by atoms with van der Waals surface area (Å²) < 4.78 is 26.4. The first-order chi connectivity index (χ1) is 14.7. The lowest BCUT2D eigenvalue weighted by Crippen LogP contribution is -2.27. The summed E-state index contributed by atoms with van der Waals surface area (Å²) in [6, 6.07) is 9.11. The number of rotatable bonds is 5. The lowest BCUT2D eigenvalue weighted by atomic mass is 10.0. The molecular formula is C22H23N5O3S. The van der Waals surface area contributed by atoms with E-state index < -0.39 is 14.6 Å². The molecule has 0 bridgehead atoms. The fourth-order valence-corrected chi connectivity index (χ4v) is 6.18. The fraction of sp³-hybridized carbons (Fsp3) is 0.409. The summed E-state index contributed by atoms with van der Waals surface area (Å²) in [5, 5.41) is 17.6. The highest BCUT2D eigenvalue weighted by molar-refractivity contribution is 7.93. The lowest BCUT2D eigenvalue weighted by molar-refractivity contribution is 0.426. The Balaban J connectivity index is 1.58. The van der Waals surface area contributed by atoms with Gasteiger partial charge in [0.1, 0.15) is 5.39 Å². The van der Waals surface area contributed by atoms with Crippen LogP contribution in [0, 0.1) is 17.2 Å². The number of aromatic nitrogens is 3. The smallest absolute Gasteiger partial charge is 0.261 e. The second-order valence-corrected chi connectivity index (χ2v) is 11.6. The van der Waals surface area contributed by atoms with Crippen LogP contribution in [0.5, 0.6) is 0 Å². The van der Waals surface area contributed by atoms with Crippen LogP contribution in [0.1, 0.15) is 44.7 Å². The van der Waals surface area contributed by atoms with Gasteiger partial charge >= 0.3 is 0 Å². The van der Waals surface area contributed by atoms with Gasteiger partial charge in [-0.05, 0) is 68.9 Å². The molecular weight excluding hydrogens is 414 g/mol. The minimum Gasteiger partial charge on any atom is -0.338 e. The highest BCUT2D eigenvalue weighted by atomic mass is 32.2. The van der Waals surface area contributed by atoms with E-state index in [1.165, 1.54) is 0 Å². The van der Waals surface area contributed by atoms with Crippen LogP contribution >= 0.6 is 0 Å². The van der Waals surface area contributed by atoms with Crippen LogP contribution in [0.15, 0.2) is 40.2 Å². The van der Waals surface area contributed by atoms with Crippen LogP contribution < -0.4 is 10.9 Å². The Labute approximate surface area is 179 Å². The maximum Gasteiger partial charge on any atom is 0.261 e. The summed E-state index contributed by atoms with van der Waals surface area (Å²) in [5.41, 5.74) is 1.85. The van der Waals surface area contributed by atoms with Gasteiger partial charge in [-0.3, -0.25) is 9.48 Å². The second kappa shape index (κ2) is 6.69. The van der Waals surface area contributed by atoms with E-state index in [0.29, 0.717) is 46.1 Å². The summed E-state index contributed by atoms with van der Waals surface area (Å²) in [7, 11) is -3.36. The largest absolute Gasteiger partial charge is 0.338 e. The number of benzene rings is 1. The number of nitriles is 1. The summed E-state index contributed by atoms with van der Waals surface area (Å²) in [6.07, 6.45) is 4.45. The number of hydrogen-bond acceptors (Lipinski definition) is 6. The number of anilines is 2. The van der Waals surface area contributed by atoms with E-state index in [2.05, 4.69) is 16.4 Å². The molecule has 3 aromatic rings. The third kappa shape index (κ3) is 3.05. The van der Waals surface area contributed by atoms with Crippen LogP contribution in [0.2, 0.25) is 0 Å². The van der Waals surface area contributed by atoms with E-state index in [1.54, 1.807) is 42.9 Å². The van der Waals surface area contributed by atoms with E-state index in [-0.39, 0.29) is 11.6 Å². The fourth-order valence-electron chi connectivity index (χ4n) is 4.51. The number of fused-ring (bicyclic) bond motifs is 2. The molecule has 2 aromatic heterocycles. The minimum atomic E-state index is -3.36. The summed E-state index contributed by atoms with van der Waals surface area (Å²) in [4.78, 5) is 15.7. The van der Waals surface area contributed by atoms with Gasteiger partial charge in [0.05, 0.1) is 33.7 Å². The molecule has 1 aliphatic heterocycles. The van der Waals surface area contributed by atoms with Crippen molar-refractivity contribution in [2.75, 3.05) is 5.32 Å². The average molecular weight is 438 g/mol. The van der Waals surface area contributed by atoms with Crippen molar-refractivity contribution >= 4 is 32.2 Å². The summed E-state index contributed by atoms with van der Waals surface area (Å²) in [6.45, 7) is 3.47. The molecule has 3 heterocycles. The van der Waals surface area contributed by atoms with Crippen molar-refractivity contribution in [3.05, 3.63) is 46.4 Å². The predicted octanol–water partition coefficient (Wildman–Crippen LogP) is 3.44. The first-order valence-corrected chi connectivity index (χ1v) is 11.8. The van der Waals surface area contributed by atoms with Gasteiger partial charge in [-0.2, -0.15) is 10.4 Å². The summed E-state index contributed by atoms with van der Waals surface area (Å²) in [5.74, 6) is 0.794. The maximum absolute atomic E-state index is 12.7. The number of H-pyrrole nitrogens is 1. The SMILES string of the molecule is CC1(C)Cc2cc(Nc3nn([C@@H](CC#N)C4CC4)c4cc[nH]c(=O)c34)ccc2S1(=O)=O. The lowest BCUT2D eigenvalue weighted by Gasteiger charge is -2.15. The molecule has 0 saturated heterocycles. The Morgan fingerprint density at radius 1 is 1.35 bits per heavy atom. The topological polar surface area (TPSA) is 121 Å². The first kappa shape index (κ1) is 19.8. The molecule has 0 amide bonds. The van der Waals surface area contributed by atoms with Gasteiger partial charge in [-0.25, -0.2) is 8.42 Å². The zero-order valence-corrected chi connectivity index (χ0v) is 18.2. The number of nitrogens with zero attached hydrogens (tertiary/aromatic N) is 3. The molecule has 8 nitrogen and oxygen atoms in total. The molecule has 2 N–H and O–H groups in total. The van der Waals surface area contributed by atoms with Gasteiger partial charge in [0.15, 0.2) is 15.7 Å². The number of sulfone groups is 1. The monoisotopic (exact) mass is 437 g/mol. The Kier molecular flexibility index (Phi) is 4.28. The average Bonchev–Trinajstić information content (AvgIpc) is 3.45. The van der Waals surface area contributed by atoms with Crippen molar-refractivity contribution < 1.29 is 8.42 Å². The molecule has 1 fully saturated rings. The van der Waals surface area contributed by atoms with Gasteiger partial charge < -0.3 is 10.3 Å². The molecule has 31 heavy (non-hydrogen) atoms. The number of nitrogens with one attached hydrogen (secondary N) is 2. The highest BCUT2D eigenvalue weighted by Gasteiger charge is 2.43. The van der Waals surface area contributed by atoms with Gasteiger partial charge in [0.25, 0.3) is 5.56 Å². The molecule has 0 radical (unpaired) electrons. The van der Waals surface area contributed by atoms with E-state index in [9.17, 15) is 18.5 Å². The molecule has 1 atom stereocenters. The normalized spacial score (nSPS) is 19.6. The van der Waals surface area contributed by atoms with Gasteiger partial charge in [0, 0.05) is 11.9 Å². The van der Waals surface area contributed by atoms with Crippen molar-refractivity contribution in [2.24, 2.45) is 5.92 Å². The number of pyridine rings is 1. The second-order valence-electron chi connectivity index (χ2n) is 9.01. The third-order valence-electron chi connectivity index (χ3n) is 6.37. The third-order valence-corrected chi connectivity index (χ3v) is 8.94. The first-order valence-electron chi connectivity index (χ1n) is 10.3. The van der Waals surface area contributed by atoms with Crippen LogP contribution in [-0.2, 0) is 16.3 Å². The van der Waals surface area contributed by atoms with Crippen LogP contribution in [0.3, 0.4) is 0 Å². The standard InChI is InChI=1S/C22H23N5O3S/c1-22(2)12-14-11-15(5-6-18(14)31(22,29)30)25-20-19-17(8-10-24-21(19)28)27(26-20)16(7-9-23)13-3-4-13/h5-6,8,10-11,13,16H,3-4,7,12H2,1-2H3,(H,24,28)(H,25,26)/t16-/m0/s1. The van der Waals surface area contributed by atoms with E-state index in [1.807, 2.05) is 6.07 Å². The molecule has 1 saturated carbocycles. The quantitative estimate of drug-likeness (QED) is 0.631. The minimum absolute atomic E-state index is 0.0733. The molecule has 2 aliphatic rings. The van der Waals surface area contributed by atoms with Crippen LogP contribution in [-0.4, -0.2) is 27.9 Å². The van der Waals surface area contributed by atoms with Crippen LogP contribution in [0.25, 0.3) is 10.9 Å². The van der Waals surface area contributed by atoms with Gasteiger partial charge in [-0.1, -0.05) is 0 Å². The van der Waals surface area contributed by atoms with Crippen molar-refractivity contribution in [1.82, 2.24) is 14.8 Å². The Bertz CT molecular complexity index is 1410. The zero-order chi connectivity index (χ0) is 22.0. The molecule has 1 aromatic carbocycles. The van der Waals surface area contributed by atoms with Crippen molar-refractivity contribution in [3.63, 3.8) is 0 Å². The molecule has 160 valence electrons. The maximum atomic E-state index is 12.7. The zero-order valence-electron chi connectivity index (χ0n) is 17.3. The predicted molar refractivity (Wildman–Crippen MR) is 117 cm³/mol. The number of hydrogen-bond donors (Lipinski definition) is 2. The molecule has 1 aliphatic carbocycles.